The molecule has 1 atom stereocenters. The molecule has 2 aliphatic rings. The smallest absolute Gasteiger partial charge is 0.285 e. The minimum absolute atomic E-state index is 0.0770. The number of amidine groups is 1. The summed E-state index contributed by atoms with van der Waals surface area (Å²) in [7, 11) is -3.68. The third-order valence-electron chi connectivity index (χ3n) is 5.67. The number of likely N-dealkylation sites (tertiary alicyclic amines) is 1. The van der Waals surface area contributed by atoms with Gasteiger partial charge in [0.05, 0.1) is 17.5 Å². The number of aromatic nitrogens is 1. The van der Waals surface area contributed by atoms with Crippen molar-refractivity contribution in [1.29, 1.82) is 0 Å². The maximum Gasteiger partial charge on any atom is 0.285 e. The number of furan rings is 1. The van der Waals surface area contributed by atoms with E-state index < -0.39 is 10.0 Å². The summed E-state index contributed by atoms with van der Waals surface area (Å²) in [6.07, 6.45) is 1.53. The van der Waals surface area contributed by atoms with Gasteiger partial charge in [-0.1, -0.05) is 12.1 Å². The van der Waals surface area contributed by atoms with Crippen LogP contribution in [0, 0.1) is 12.8 Å². The SMILES string of the molecule is Cc1nc(-c2ccc(CNC(=O)C3CCCN(C4=NS(=O)(=O)c5ccccc54)C3)o2)cs1. The Morgan fingerprint density at radius 1 is 1.28 bits per heavy atom. The van der Waals surface area contributed by atoms with E-state index in [1.165, 1.54) is 0 Å². The van der Waals surface area contributed by atoms with Gasteiger partial charge < -0.3 is 14.6 Å². The zero-order valence-electron chi connectivity index (χ0n) is 17.4. The number of benzene rings is 1. The topological polar surface area (TPSA) is 105 Å². The molecule has 32 heavy (non-hydrogen) atoms. The molecule has 1 N–H and O–H groups in total. The molecule has 4 heterocycles. The molecule has 166 valence electrons. The standard InChI is InChI=1S/C22H22N4O4S2/c1-14-24-18(13-31-14)19-9-8-16(30-19)11-23-22(27)15-5-4-10-26(12-15)21-17-6-2-3-7-20(17)32(28,29)25-21/h2-3,6-9,13,15H,4-5,10-12H2,1H3,(H,23,27). The minimum Gasteiger partial charge on any atom is -0.458 e. The Hall–Kier alpha value is -2.98. The summed E-state index contributed by atoms with van der Waals surface area (Å²) in [5.74, 6) is 1.45. The van der Waals surface area contributed by atoms with Crippen molar-refractivity contribution in [3.8, 4) is 11.5 Å². The summed E-state index contributed by atoms with van der Waals surface area (Å²) < 4.78 is 34.6. The van der Waals surface area contributed by atoms with Gasteiger partial charge in [-0.3, -0.25) is 4.79 Å². The Labute approximate surface area is 190 Å². The average Bonchev–Trinajstić information content (AvgIpc) is 3.50. The van der Waals surface area contributed by atoms with Crippen molar-refractivity contribution in [3.05, 3.63) is 58.1 Å². The highest BCUT2D eigenvalue weighted by atomic mass is 32.2. The Kier molecular flexibility index (Phi) is 5.34. The van der Waals surface area contributed by atoms with E-state index in [0.29, 0.717) is 36.0 Å². The fourth-order valence-corrected chi connectivity index (χ4v) is 5.94. The van der Waals surface area contributed by atoms with Gasteiger partial charge in [-0.05, 0) is 44.0 Å². The average molecular weight is 471 g/mol. The molecule has 2 aromatic heterocycles. The van der Waals surface area contributed by atoms with Crippen LogP contribution >= 0.6 is 11.3 Å². The van der Waals surface area contributed by atoms with Crippen LogP contribution in [0.1, 0.15) is 29.2 Å². The lowest BCUT2D eigenvalue weighted by Gasteiger charge is -2.33. The largest absolute Gasteiger partial charge is 0.458 e. The number of amides is 1. The zero-order valence-corrected chi connectivity index (χ0v) is 19.1. The van der Waals surface area contributed by atoms with Crippen LogP contribution in [0.2, 0.25) is 0 Å². The molecule has 10 heteroatoms. The number of sulfonamides is 1. The zero-order chi connectivity index (χ0) is 22.3. The van der Waals surface area contributed by atoms with Gasteiger partial charge in [-0.15, -0.1) is 15.7 Å². The van der Waals surface area contributed by atoms with Crippen LogP contribution in [0.15, 0.2) is 55.5 Å². The maximum atomic E-state index is 12.8. The summed E-state index contributed by atoms with van der Waals surface area (Å²) >= 11 is 1.56. The number of carbonyl (C=O) groups excluding carboxylic acids is 1. The van der Waals surface area contributed by atoms with Crippen molar-refractivity contribution in [2.75, 3.05) is 13.1 Å². The van der Waals surface area contributed by atoms with Gasteiger partial charge in [0.2, 0.25) is 5.91 Å². The number of aryl methyl sites for hydroxylation is 1. The molecule has 1 saturated heterocycles. The first-order chi connectivity index (χ1) is 15.4. The number of hydrogen-bond acceptors (Lipinski definition) is 7. The lowest BCUT2D eigenvalue weighted by molar-refractivity contribution is -0.126. The first-order valence-electron chi connectivity index (χ1n) is 10.4. The van der Waals surface area contributed by atoms with Gasteiger partial charge in [0.15, 0.2) is 11.6 Å². The van der Waals surface area contributed by atoms with Crippen molar-refractivity contribution in [1.82, 2.24) is 15.2 Å². The highest BCUT2D eigenvalue weighted by molar-refractivity contribution is 7.90. The second kappa shape index (κ2) is 8.18. The second-order valence-electron chi connectivity index (χ2n) is 7.91. The first kappa shape index (κ1) is 20.9. The predicted octanol–water partition coefficient (Wildman–Crippen LogP) is 3.19. The van der Waals surface area contributed by atoms with E-state index in [4.69, 9.17) is 4.42 Å². The van der Waals surface area contributed by atoms with E-state index in [1.54, 1.807) is 35.6 Å². The van der Waals surface area contributed by atoms with E-state index in [9.17, 15) is 13.2 Å². The Morgan fingerprint density at radius 3 is 2.94 bits per heavy atom. The monoisotopic (exact) mass is 470 g/mol. The normalized spacial score (nSPS) is 19.5. The molecule has 0 saturated carbocycles. The van der Waals surface area contributed by atoms with Gasteiger partial charge >= 0.3 is 0 Å². The van der Waals surface area contributed by atoms with Crippen molar-refractivity contribution in [2.24, 2.45) is 10.3 Å². The summed E-state index contributed by atoms with van der Waals surface area (Å²) in [5.41, 5.74) is 1.40. The van der Waals surface area contributed by atoms with E-state index in [2.05, 4.69) is 14.7 Å². The number of thiazole rings is 1. The Bertz CT molecular complexity index is 1310. The molecule has 2 aliphatic heterocycles. The molecular weight excluding hydrogens is 448 g/mol. The van der Waals surface area contributed by atoms with Crippen molar-refractivity contribution < 1.29 is 17.6 Å². The summed E-state index contributed by atoms with van der Waals surface area (Å²) in [5, 5.41) is 5.86. The number of piperidine rings is 1. The van der Waals surface area contributed by atoms with Gasteiger partial charge in [0.25, 0.3) is 10.0 Å². The molecule has 1 aromatic carbocycles. The lowest BCUT2D eigenvalue weighted by atomic mass is 9.96. The number of rotatable bonds is 4. The summed E-state index contributed by atoms with van der Waals surface area (Å²) in [6, 6.07) is 10.5. The molecule has 0 bridgehead atoms. The quantitative estimate of drug-likeness (QED) is 0.628. The summed E-state index contributed by atoms with van der Waals surface area (Å²) in [6.45, 7) is 3.32. The molecule has 0 spiro atoms. The van der Waals surface area contributed by atoms with Crippen LogP contribution in [-0.4, -0.2) is 43.1 Å². The molecule has 1 unspecified atom stereocenters. The van der Waals surface area contributed by atoms with Crippen LogP contribution in [0.3, 0.4) is 0 Å². The highest BCUT2D eigenvalue weighted by Gasteiger charge is 2.35. The molecule has 1 amide bonds. The van der Waals surface area contributed by atoms with Gasteiger partial charge in [0, 0.05) is 24.0 Å². The molecule has 3 aromatic rings. The number of nitrogens with one attached hydrogen (secondary N) is 1. The Morgan fingerprint density at radius 2 is 2.12 bits per heavy atom. The minimum atomic E-state index is -3.68. The van der Waals surface area contributed by atoms with Crippen molar-refractivity contribution in [2.45, 2.75) is 31.2 Å². The number of carbonyl (C=O) groups is 1. The van der Waals surface area contributed by atoms with Crippen LogP contribution < -0.4 is 5.32 Å². The van der Waals surface area contributed by atoms with E-state index >= 15 is 0 Å². The van der Waals surface area contributed by atoms with Gasteiger partial charge in [-0.2, -0.15) is 8.42 Å². The molecular formula is C22H22N4O4S2. The fourth-order valence-electron chi connectivity index (χ4n) is 4.11. The first-order valence-corrected chi connectivity index (χ1v) is 12.7. The van der Waals surface area contributed by atoms with Crippen LogP contribution in [0.25, 0.3) is 11.5 Å². The van der Waals surface area contributed by atoms with Crippen LogP contribution in [0.4, 0.5) is 0 Å². The number of nitrogens with zero attached hydrogens (tertiary/aromatic N) is 3. The molecule has 1 fully saturated rings. The fraction of sp³-hybridized carbons (Fsp3) is 0.318. The third-order valence-corrected chi connectivity index (χ3v) is 7.77. The predicted molar refractivity (Wildman–Crippen MR) is 121 cm³/mol. The van der Waals surface area contributed by atoms with Gasteiger partial charge in [-0.25, -0.2) is 4.98 Å². The van der Waals surface area contributed by atoms with Crippen LogP contribution in [-0.2, 0) is 21.4 Å². The lowest BCUT2D eigenvalue weighted by Crippen LogP contribution is -2.45. The van der Waals surface area contributed by atoms with E-state index in [0.717, 1.165) is 23.5 Å². The number of hydrogen-bond donors (Lipinski definition) is 1. The van der Waals surface area contributed by atoms with Gasteiger partial charge in [0.1, 0.15) is 16.3 Å². The third kappa shape index (κ3) is 3.95. The number of fused-ring (bicyclic) bond motifs is 1. The Balaban J connectivity index is 1.24. The van der Waals surface area contributed by atoms with Crippen molar-refractivity contribution >= 4 is 33.1 Å². The molecule has 0 radical (unpaired) electrons. The van der Waals surface area contributed by atoms with Crippen LogP contribution in [0.5, 0.6) is 0 Å². The van der Waals surface area contributed by atoms with Crippen molar-refractivity contribution in [3.63, 3.8) is 0 Å². The molecule has 5 rings (SSSR count). The van der Waals surface area contributed by atoms with E-state index in [1.807, 2.05) is 29.3 Å². The van der Waals surface area contributed by atoms with E-state index in [-0.39, 0.29) is 23.3 Å². The summed E-state index contributed by atoms with van der Waals surface area (Å²) in [4.78, 5) is 19.4. The maximum absolute atomic E-state index is 12.8. The molecule has 0 aliphatic carbocycles. The second-order valence-corrected chi connectivity index (χ2v) is 10.5. The molecule has 8 nitrogen and oxygen atoms in total. The highest BCUT2D eigenvalue weighted by Crippen LogP contribution is 2.30.